The zero-order valence-corrected chi connectivity index (χ0v) is 27.9. The first-order valence-electron chi connectivity index (χ1n) is 16.8. The monoisotopic (exact) mass is 663 g/mol. The highest BCUT2D eigenvalue weighted by atomic mass is 19.1. The number of rotatable bonds is 13. The van der Waals surface area contributed by atoms with Gasteiger partial charge in [-0.3, -0.25) is 24.2 Å². The number of halogens is 1. The normalized spacial score (nSPS) is 18.4. The van der Waals surface area contributed by atoms with E-state index in [9.17, 15) is 19.2 Å². The third-order valence-corrected chi connectivity index (χ3v) is 9.86. The van der Waals surface area contributed by atoms with E-state index in [2.05, 4.69) is 36.1 Å². The highest BCUT2D eigenvalue weighted by Gasteiger charge is 2.41. The zero-order chi connectivity index (χ0) is 34.3. The number of nitrogens with zero attached hydrogens (tertiary/aromatic N) is 5. The van der Waals surface area contributed by atoms with Gasteiger partial charge in [-0.2, -0.15) is 10.2 Å². The van der Waals surface area contributed by atoms with Gasteiger partial charge in [-0.25, -0.2) is 4.39 Å². The number of amides is 3. The molecule has 3 heterocycles. The topological polar surface area (TPSA) is 157 Å². The second kappa shape index (κ2) is 15.5. The van der Waals surface area contributed by atoms with Crippen LogP contribution in [0.2, 0.25) is 0 Å². The van der Waals surface area contributed by atoms with Crippen LogP contribution in [-0.2, 0) is 16.1 Å². The number of aldehydes is 1. The van der Waals surface area contributed by atoms with Crippen molar-refractivity contribution in [3.63, 3.8) is 0 Å². The van der Waals surface area contributed by atoms with Crippen LogP contribution in [0.15, 0.2) is 42.9 Å². The van der Waals surface area contributed by atoms with Crippen LogP contribution in [0.3, 0.4) is 0 Å². The highest BCUT2D eigenvalue weighted by molar-refractivity contribution is 5.97. The Kier molecular flexibility index (Phi) is 11.2. The van der Waals surface area contributed by atoms with E-state index in [4.69, 9.17) is 0 Å². The van der Waals surface area contributed by atoms with Gasteiger partial charge in [-0.1, -0.05) is 32.3 Å². The number of H-pyrrole nitrogens is 1. The van der Waals surface area contributed by atoms with Gasteiger partial charge in [0, 0.05) is 57.6 Å². The van der Waals surface area contributed by atoms with Gasteiger partial charge in [-0.05, 0) is 56.5 Å². The molecule has 0 unspecified atom stereocenters. The molecule has 258 valence electrons. The van der Waals surface area contributed by atoms with Crippen molar-refractivity contribution < 1.29 is 23.6 Å². The third-order valence-electron chi connectivity index (χ3n) is 9.86. The Morgan fingerprint density at radius 1 is 1.10 bits per heavy atom. The van der Waals surface area contributed by atoms with Crippen molar-refractivity contribution in [1.29, 1.82) is 0 Å². The van der Waals surface area contributed by atoms with E-state index in [-0.39, 0.29) is 29.6 Å². The Labute approximate surface area is 280 Å². The Balaban J connectivity index is 1.35. The Morgan fingerprint density at radius 3 is 2.50 bits per heavy atom. The Bertz CT molecular complexity index is 1560. The van der Waals surface area contributed by atoms with Crippen molar-refractivity contribution in [2.45, 2.75) is 70.0 Å². The summed E-state index contributed by atoms with van der Waals surface area (Å²) >= 11 is 0. The van der Waals surface area contributed by atoms with Gasteiger partial charge in [0.25, 0.3) is 11.8 Å². The molecule has 13 nitrogen and oxygen atoms in total. The summed E-state index contributed by atoms with van der Waals surface area (Å²) in [6, 6.07) is 5.30. The van der Waals surface area contributed by atoms with Crippen LogP contribution in [0.25, 0.3) is 0 Å². The number of hydrogen-bond donors (Lipinski definition) is 4. The van der Waals surface area contributed by atoms with Crippen molar-refractivity contribution in [3.05, 3.63) is 65.5 Å². The SMILES string of the molecule is CCn1nccc1C(=O)N[C@@](C=O)(CNc1ccc([C@H](C)[C@@H](NC(=O)c2cn[nH]c2)C(=O)N2CCN(C)CC2)cc1F)C1CCCCC1. The van der Waals surface area contributed by atoms with E-state index in [0.717, 1.165) is 38.4 Å². The minimum absolute atomic E-state index is 0.00966. The number of aromatic amines is 1. The fourth-order valence-electron chi connectivity index (χ4n) is 6.74. The van der Waals surface area contributed by atoms with Crippen molar-refractivity contribution in [2.24, 2.45) is 5.92 Å². The summed E-state index contributed by atoms with van der Waals surface area (Å²) in [6.45, 7) is 6.62. The zero-order valence-electron chi connectivity index (χ0n) is 27.9. The van der Waals surface area contributed by atoms with Gasteiger partial charge >= 0.3 is 0 Å². The number of carbonyl (C=O) groups excluding carboxylic acids is 4. The van der Waals surface area contributed by atoms with Crippen molar-refractivity contribution >= 4 is 29.7 Å². The average molecular weight is 664 g/mol. The molecule has 2 fully saturated rings. The van der Waals surface area contributed by atoms with E-state index in [1.165, 1.54) is 18.5 Å². The molecule has 1 saturated carbocycles. The number of likely N-dealkylation sites (N-methyl/N-ethyl adjacent to an activating group) is 1. The molecule has 2 aliphatic rings. The molecule has 2 aromatic heterocycles. The molecule has 3 amide bonds. The predicted molar refractivity (Wildman–Crippen MR) is 178 cm³/mol. The molecular formula is C34H46FN9O4. The molecule has 1 aliphatic heterocycles. The van der Waals surface area contributed by atoms with Crippen LogP contribution >= 0.6 is 0 Å². The van der Waals surface area contributed by atoms with Crippen molar-refractivity contribution in [2.75, 3.05) is 45.1 Å². The number of hydrogen-bond acceptors (Lipinski definition) is 8. The van der Waals surface area contributed by atoms with Gasteiger partial charge in [-0.15, -0.1) is 0 Å². The van der Waals surface area contributed by atoms with Crippen LogP contribution < -0.4 is 16.0 Å². The lowest BCUT2D eigenvalue weighted by Crippen LogP contribution is -2.60. The van der Waals surface area contributed by atoms with Crippen LogP contribution in [0, 0.1) is 11.7 Å². The molecule has 5 rings (SSSR count). The quantitative estimate of drug-likeness (QED) is 0.204. The molecule has 1 aromatic carbocycles. The summed E-state index contributed by atoms with van der Waals surface area (Å²) in [6.07, 6.45) is 9.63. The fourth-order valence-corrected chi connectivity index (χ4v) is 6.74. The summed E-state index contributed by atoms with van der Waals surface area (Å²) < 4.78 is 17.4. The number of piperazine rings is 1. The van der Waals surface area contributed by atoms with E-state index < -0.39 is 35.1 Å². The molecule has 3 atom stereocenters. The van der Waals surface area contributed by atoms with Crippen LogP contribution in [0.1, 0.15) is 78.3 Å². The standard InChI is InChI=1S/C34H46FN9O4/c1-4-44-29(12-13-39-44)32(47)41-34(22-45,26-8-6-5-7-9-26)21-36-28-11-10-24(18-27(28)35)23(2)30(40-31(46)25-19-37-38-20-25)33(48)43-16-14-42(3)15-17-43/h10-13,18-20,22-23,26,30,36H,4-9,14-17,21H2,1-3H3,(H,37,38)(H,40,46)(H,41,47)/t23-,30+,34+/m0/s1. The van der Waals surface area contributed by atoms with E-state index in [1.54, 1.807) is 40.9 Å². The molecule has 1 saturated heterocycles. The van der Waals surface area contributed by atoms with Crippen molar-refractivity contribution in [1.82, 2.24) is 40.4 Å². The molecule has 1 aliphatic carbocycles. The molecule has 0 radical (unpaired) electrons. The number of carbonyl (C=O) groups is 4. The molecule has 4 N–H and O–H groups in total. The Hall–Kier alpha value is -4.59. The molecular weight excluding hydrogens is 617 g/mol. The molecule has 0 spiro atoms. The first-order valence-corrected chi connectivity index (χ1v) is 16.8. The lowest BCUT2D eigenvalue weighted by atomic mass is 9.75. The van der Waals surface area contributed by atoms with E-state index in [0.29, 0.717) is 44.0 Å². The number of nitrogens with one attached hydrogen (secondary N) is 4. The maximum absolute atomic E-state index is 15.8. The molecule has 14 heteroatoms. The lowest BCUT2D eigenvalue weighted by molar-refractivity contribution is -0.135. The lowest BCUT2D eigenvalue weighted by Gasteiger charge is -2.39. The van der Waals surface area contributed by atoms with Gasteiger partial charge in [0.05, 0.1) is 17.4 Å². The van der Waals surface area contributed by atoms with Crippen LogP contribution in [0.5, 0.6) is 0 Å². The van der Waals surface area contributed by atoms with Crippen LogP contribution in [0.4, 0.5) is 10.1 Å². The van der Waals surface area contributed by atoms with Crippen LogP contribution in [-0.4, -0.2) is 105 Å². The average Bonchev–Trinajstić information content (AvgIpc) is 3.83. The number of benzene rings is 1. The van der Waals surface area contributed by atoms with Gasteiger partial charge in [0.15, 0.2) is 0 Å². The summed E-state index contributed by atoms with van der Waals surface area (Å²) in [7, 11) is 1.99. The van der Waals surface area contributed by atoms with Gasteiger partial charge in [0.2, 0.25) is 5.91 Å². The first-order chi connectivity index (χ1) is 23.2. The third kappa shape index (κ3) is 7.75. The summed E-state index contributed by atoms with van der Waals surface area (Å²) in [5.41, 5.74) is 0.0470. The second-order valence-electron chi connectivity index (χ2n) is 12.9. The maximum atomic E-state index is 15.8. The summed E-state index contributed by atoms with van der Waals surface area (Å²) in [4.78, 5) is 56.9. The minimum atomic E-state index is -1.27. The van der Waals surface area contributed by atoms with E-state index in [1.807, 2.05) is 14.0 Å². The largest absolute Gasteiger partial charge is 0.380 e. The predicted octanol–water partition coefficient (Wildman–Crippen LogP) is 2.80. The van der Waals surface area contributed by atoms with Gasteiger partial charge in [0.1, 0.15) is 29.4 Å². The Morgan fingerprint density at radius 2 is 1.85 bits per heavy atom. The maximum Gasteiger partial charge on any atom is 0.270 e. The van der Waals surface area contributed by atoms with Crippen molar-refractivity contribution in [3.8, 4) is 0 Å². The summed E-state index contributed by atoms with van der Waals surface area (Å²) in [5, 5.41) is 19.6. The second-order valence-corrected chi connectivity index (χ2v) is 12.9. The smallest absolute Gasteiger partial charge is 0.270 e. The van der Waals surface area contributed by atoms with E-state index >= 15 is 4.39 Å². The highest BCUT2D eigenvalue weighted by Crippen LogP contribution is 2.33. The number of anilines is 1. The number of aromatic nitrogens is 4. The molecule has 0 bridgehead atoms. The number of aryl methyl sites for hydroxylation is 1. The molecule has 3 aromatic rings. The van der Waals surface area contributed by atoms with Gasteiger partial charge < -0.3 is 30.5 Å². The minimum Gasteiger partial charge on any atom is -0.380 e. The molecule has 48 heavy (non-hydrogen) atoms. The first kappa shape index (κ1) is 34.7. The summed E-state index contributed by atoms with van der Waals surface area (Å²) in [5.74, 6) is -2.38. The fraction of sp³-hybridized carbons (Fsp3) is 0.529.